The predicted octanol–water partition coefficient (Wildman–Crippen LogP) is 1.50. The van der Waals surface area contributed by atoms with Crippen molar-refractivity contribution in [3.8, 4) is 0 Å². The summed E-state index contributed by atoms with van der Waals surface area (Å²) in [5, 5.41) is 2.84. The Morgan fingerprint density at radius 1 is 1.50 bits per heavy atom. The molecular formula is C15H24FN3O. The van der Waals surface area contributed by atoms with E-state index in [0.717, 1.165) is 12.0 Å². The first-order valence-electron chi connectivity index (χ1n) is 6.98. The van der Waals surface area contributed by atoms with Crippen LogP contribution in [0.3, 0.4) is 0 Å². The average Bonchev–Trinajstić information content (AvgIpc) is 2.42. The molecule has 0 aromatic heterocycles. The van der Waals surface area contributed by atoms with Crippen LogP contribution in [-0.2, 0) is 11.3 Å². The molecule has 1 aromatic carbocycles. The predicted molar refractivity (Wildman–Crippen MR) is 78.6 cm³/mol. The first-order valence-corrected chi connectivity index (χ1v) is 6.98. The highest BCUT2D eigenvalue weighted by atomic mass is 19.1. The number of likely N-dealkylation sites (N-methyl/N-ethyl adjacent to an activating group) is 1. The average molecular weight is 281 g/mol. The van der Waals surface area contributed by atoms with Crippen LogP contribution in [0.1, 0.15) is 25.3 Å². The van der Waals surface area contributed by atoms with Crippen LogP contribution < -0.4 is 11.1 Å². The van der Waals surface area contributed by atoms with Crippen LogP contribution in [0.4, 0.5) is 4.39 Å². The summed E-state index contributed by atoms with van der Waals surface area (Å²) in [4.78, 5) is 13.7. The SMILES string of the molecule is CCCNC(=O)CC(CN)N(C)Cc1cccc(F)c1. The van der Waals surface area contributed by atoms with Gasteiger partial charge in [0.25, 0.3) is 0 Å². The molecule has 0 saturated carbocycles. The first kappa shape index (κ1) is 16.6. The van der Waals surface area contributed by atoms with Gasteiger partial charge in [0.05, 0.1) is 0 Å². The van der Waals surface area contributed by atoms with Gasteiger partial charge in [-0.1, -0.05) is 19.1 Å². The number of benzene rings is 1. The number of rotatable bonds is 8. The number of halogens is 1. The second kappa shape index (κ2) is 8.66. The molecule has 1 unspecified atom stereocenters. The Bertz CT molecular complexity index is 425. The van der Waals surface area contributed by atoms with E-state index >= 15 is 0 Å². The number of nitrogens with one attached hydrogen (secondary N) is 1. The van der Waals surface area contributed by atoms with Gasteiger partial charge in [0, 0.05) is 32.1 Å². The van der Waals surface area contributed by atoms with E-state index in [0.29, 0.717) is 26.1 Å². The smallest absolute Gasteiger partial charge is 0.221 e. The molecule has 5 heteroatoms. The largest absolute Gasteiger partial charge is 0.356 e. The third-order valence-electron chi connectivity index (χ3n) is 3.21. The molecule has 0 radical (unpaired) electrons. The number of carbonyl (C=O) groups excluding carboxylic acids is 1. The third-order valence-corrected chi connectivity index (χ3v) is 3.21. The molecule has 0 fully saturated rings. The highest BCUT2D eigenvalue weighted by molar-refractivity contribution is 5.76. The Labute approximate surface area is 120 Å². The summed E-state index contributed by atoms with van der Waals surface area (Å²) in [6, 6.07) is 6.42. The lowest BCUT2D eigenvalue weighted by atomic mass is 10.1. The fraction of sp³-hybridized carbons (Fsp3) is 0.533. The normalized spacial score (nSPS) is 12.4. The van der Waals surface area contributed by atoms with Gasteiger partial charge < -0.3 is 11.1 Å². The summed E-state index contributed by atoms with van der Waals surface area (Å²) in [6.07, 6.45) is 1.28. The van der Waals surface area contributed by atoms with Gasteiger partial charge in [-0.15, -0.1) is 0 Å². The second-order valence-corrected chi connectivity index (χ2v) is 4.99. The Morgan fingerprint density at radius 3 is 2.85 bits per heavy atom. The molecule has 0 aliphatic carbocycles. The zero-order valence-electron chi connectivity index (χ0n) is 12.2. The number of hydrogen-bond donors (Lipinski definition) is 2. The summed E-state index contributed by atoms with van der Waals surface area (Å²) in [5.74, 6) is -0.241. The maximum atomic E-state index is 13.1. The fourth-order valence-electron chi connectivity index (χ4n) is 2.02. The Balaban J connectivity index is 2.54. The van der Waals surface area contributed by atoms with E-state index in [-0.39, 0.29) is 17.8 Å². The molecule has 20 heavy (non-hydrogen) atoms. The first-order chi connectivity index (χ1) is 9.56. The van der Waals surface area contributed by atoms with E-state index < -0.39 is 0 Å². The summed E-state index contributed by atoms with van der Waals surface area (Å²) in [5.41, 5.74) is 6.61. The zero-order valence-corrected chi connectivity index (χ0v) is 12.2. The molecule has 0 aliphatic rings. The fourth-order valence-corrected chi connectivity index (χ4v) is 2.02. The molecular weight excluding hydrogens is 257 g/mol. The van der Waals surface area contributed by atoms with Gasteiger partial charge in [0.15, 0.2) is 0 Å². The molecule has 0 saturated heterocycles. The number of nitrogens with zero attached hydrogens (tertiary/aromatic N) is 1. The second-order valence-electron chi connectivity index (χ2n) is 4.99. The monoisotopic (exact) mass is 281 g/mol. The minimum Gasteiger partial charge on any atom is -0.356 e. The summed E-state index contributed by atoms with van der Waals surface area (Å²) in [7, 11) is 1.90. The van der Waals surface area contributed by atoms with Crippen LogP contribution in [0.5, 0.6) is 0 Å². The lowest BCUT2D eigenvalue weighted by molar-refractivity contribution is -0.122. The van der Waals surface area contributed by atoms with E-state index in [4.69, 9.17) is 5.73 Å². The highest BCUT2D eigenvalue weighted by Gasteiger charge is 2.17. The van der Waals surface area contributed by atoms with Crippen molar-refractivity contribution in [1.82, 2.24) is 10.2 Å². The number of carbonyl (C=O) groups is 1. The highest BCUT2D eigenvalue weighted by Crippen LogP contribution is 2.10. The van der Waals surface area contributed by atoms with E-state index in [1.165, 1.54) is 12.1 Å². The Kier molecular flexibility index (Phi) is 7.18. The van der Waals surface area contributed by atoms with Crippen LogP contribution >= 0.6 is 0 Å². The van der Waals surface area contributed by atoms with Crippen molar-refractivity contribution in [2.24, 2.45) is 5.73 Å². The minimum absolute atomic E-state index is 0.00777. The zero-order chi connectivity index (χ0) is 15.0. The van der Waals surface area contributed by atoms with Gasteiger partial charge in [0.2, 0.25) is 5.91 Å². The summed E-state index contributed by atoms with van der Waals surface area (Å²) >= 11 is 0. The molecule has 1 amide bonds. The molecule has 1 aromatic rings. The number of amides is 1. The number of hydrogen-bond acceptors (Lipinski definition) is 3. The summed E-state index contributed by atoms with van der Waals surface area (Å²) in [6.45, 7) is 3.66. The maximum Gasteiger partial charge on any atom is 0.221 e. The van der Waals surface area contributed by atoms with Gasteiger partial charge in [-0.3, -0.25) is 9.69 Å². The van der Waals surface area contributed by atoms with Gasteiger partial charge in [0.1, 0.15) is 5.82 Å². The molecule has 0 spiro atoms. The van der Waals surface area contributed by atoms with Crippen molar-refractivity contribution >= 4 is 5.91 Å². The van der Waals surface area contributed by atoms with Gasteiger partial charge in [-0.2, -0.15) is 0 Å². The molecule has 0 heterocycles. The summed E-state index contributed by atoms with van der Waals surface area (Å²) < 4.78 is 13.1. The van der Waals surface area contributed by atoms with Crippen LogP contribution in [0.2, 0.25) is 0 Å². The topological polar surface area (TPSA) is 58.4 Å². The maximum absolute atomic E-state index is 13.1. The lowest BCUT2D eigenvalue weighted by Gasteiger charge is -2.26. The Morgan fingerprint density at radius 2 is 2.25 bits per heavy atom. The quantitative estimate of drug-likeness (QED) is 0.759. The van der Waals surface area contributed by atoms with Gasteiger partial charge in [-0.05, 0) is 31.2 Å². The third kappa shape index (κ3) is 5.67. The van der Waals surface area contributed by atoms with Gasteiger partial charge in [-0.25, -0.2) is 4.39 Å². The van der Waals surface area contributed by atoms with Crippen LogP contribution in [-0.4, -0.2) is 37.0 Å². The Hall–Kier alpha value is -1.46. The van der Waals surface area contributed by atoms with E-state index in [9.17, 15) is 9.18 Å². The van der Waals surface area contributed by atoms with E-state index in [2.05, 4.69) is 5.32 Å². The van der Waals surface area contributed by atoms with E-state index in [1.54, 1.807) is 6.07 Å². The molecule has 1 atom stereocenters. The van der Waals surface area contributed by atoms with Crippen molar-refractivity contribution in [2.75, 3.05) is 20.1 Å². The molecule has 4 nitrogen and oxygen atoms in total. The molecule has 1 rings (SSSR count). The van der Waals surface area contributed by atoms with E-state index in [1.807, 2.05) is 24.9 Å². The van der Waals surface area contributed by atoms with Gasteiger partial charge >= 0.3 is 0 Å². The lowest BCUT2D eigenvalue weighted by Crippen LogP contribution is -2.41. The van der Waals surface area contributed by atoms with Crippen molar-refractivity contribution in [1.29, 1.82) is 0 Å². The van der Waals surface area contributed by atoms with Crippen molar-refractivity contribution < 1.29 is 9.18 Å². The van der Waals surface area contributed by atoms with Crippen molar-refractivity contribution in [3.05, 3.63) is 35.6 Å². The minimum atomic E-state index is -0.249. The molecule has 3 N–H and O–H groups in total. The number of nitrogens with two attached hydrogens (primary N) is 1. The molecule has 0 bridgehead atoms. The van der Waals surface area contributed by atoms with Crippen LogP contribution in [0.25, 0.3) is 0 Å². The van der Waals surface area contributed by atoms with Crippen molar-refractivity contribution in [3.63, 3.8) is 0 Å². The van der Waals surface area contributed by atoms with Crippen LogP contribution in [0.15, 0.2) is 24.3 Å². The standard InChI is InChI=1S/C15H24FN3O/c1-3-7-18-15(20)9-14(10-17)19(2)11-12-5-4-6-13(16)8-12/h4-6,8,14H,3,7,9-11,17H2,1-2H3,(H,18,20). The van der Waals surface area contributed by atoms with Crippen LogP contribution in [0, 0.1) is 5.82 Å². The molecule has 0 aliphatic heterocycles. The molecule has 112 valence electrons. The van der Waals surface area contributed by atoms with Crippen molar-refractivity contribution in [2.45, 2.75) is 32.4 Å².